The van der Waals surface area contributed by atoms with Crippen LogP contribution in [0, 0.1) is 11.3 Å². The van der Waals surface area contributed by atoms with Crippen molar-refractivity contribution in [2.75, 3.05) is 44.3 Å². The van der Waals surface area contributed by atoms with Gasteiger partial charge in [-0.1, -0.05) is 18.2 Å². The predicted molar refractivity (Wildman–Crippen MR) is 99.7 cm³/mol. The maximum atomic E-state index is 13.4. The number of nitrogens with zero attached hydrogens (tertiary/aromatic N) is 2. The molecule has 1 aromatic carbocycles. The highest BCUT2D eigenvalue weighted by atomic mass is 16.5. The summed E-state index contributed by atoms with van der Waals surface area (Å²) < 4.78 is 5.50. The maximum Gasteiger partial charge on any atom is 0.234 e. The Bertz CT molecular complexity index is 581. The third kappa shape index (κ3) is 3.61. The SMILES string of the molecule is O=C1N(c2ccccc2)CCCC12CCCN(CC1CCOCC1)C2. The molecule has 4 rings (SSSR count). The number of para-hydroxylation sites is 1. The van der Waals surface area contributed by atoms with Gasteiger partial charge in [0, 0.05) is 38.5 Å². The van der Waals surface area contributed by atoms with E-state index in [0.29, 0.717) is 5.91 Å². The number of anilines is 1. The lowest BCUT2D eigenvalue weighted by Crippen LogP contribution is -2.57. The highest BCUT2D eigenvalue weighted by Gasteiger charge is 2.46. The average molecular weight is 342 g/mol. The van der Waals surface area contributed by atoms with E-state index in [1.54, 1.807) is 0 Å². The van der Waals surface area contributed by atoms with Crippen LogP contribution in [-0.4, -0.2) is 50.2 Å². The van der Waals surface area contributed by atoms with Gasteiger partial charge in [0.25, 0.3) is 0 Å². The first-order chi connectivity index (χ1) is 12.3. The first kappa shape index (κ1) is 17.0. The number of hydrogen-bond acceptors (Lipinski definition) is 3. The Kier molecular flexibility index (Phi) is 5.09. The van der Waals surface area contributed by atoms with Crippen molar-refractivity contribution in [3.63, 3.8) is 0 Å². The Hall–Kier alpha value is -1.39. The number of carbonyl (C=O) groups is 1. The van der Waals surface area contributed by atoms with Crippen molar-refractivity contribution in [1.29, 1.82) is 0 Å². The van der Waals surface area contributed by atoms with Crippen molar-refractivity contribution < 1.29 is 9.53 Å². The molecule has 1 aromatic rings. The van der Waals surface area contributed by atoms with Crippen LogP contribution in [0.1, 0.15) is 38.5 Å². The molecule has 1 unspecified atom stereocenters. The minimum Gasteiger partial charge on any atom is -0.381 e. The number of piperidine rings is 2. The first-order valence-electron chi connectivity index (χ1n) is 9.94. The fourth-order valence-electron chi connectivity index (χ4n) is 4.98. The van der Waals surface area contributed by atoms with Gasteiger partial charge in [0.2, 0.25) is 5.91 Å². The monoisotopic (exact) mass is 342 g/mol. The number of benzene rings is 1. The van der Waals surface area contributed by atoms with Gasteiger partial charge in [-0.3, -0.25) is 4.79 Å². The zero-order valence-corrected chi connectivity index (χ0v) is 15.2. The van der Waals surface area contributed by atoms with Crippen molar-refractivity contribution in [3.8, 4) is 0 Å². The van der Waals surface area contributed by atoms with Gasteiger partial charge in [-0.15, -0.1) is 0 Å². The maximum absolute atomic E-state index is 13.4. The molecule has 3 aliphatic rings. The molecule has 136 valence electrons. The summed E-state index contributed by atoms with van der Waals surface area (Å²) >= 11 is 0. The Morgan fingerprint density at radius 3 is 2.52 bits per heavy atom. The molecule has 3 aliphatic heterocycles. The van der Waals surface area contributed by atoms with E-state index in [-0.39, 0.29) is 5.41 Å². The fraction of sp³-hybridized carbons (Fsp3) is 0.667. The second-order valence-electron chi connectivity index (χ2n) is 8.07. The molecule has 0 aliphatic carbocycles. The van der Waals surface area contributed by atoms with E-state index in [4.69, 9.17) is 4.74 Å². The van der Waals surface area contributed by atoms with Crippen LogP contribution in [-0.2, 0) is 9.53 Å². The lowest BCUT2D eigenvalue weighted by Gasteiger charge is -2.48. The Morgan fingerprint density at radius 2 is 1.76 bits per heavy atom. The summed E-state index contributed by atoms with van der Waals surface area (Å²) in [6.45, 7) is 5.92. The Labute approximate surface area is 151 Å². The van der Waals surface area contributed by atoms with E-state index in [1.807, 2.05) is 23.1 Å². The summed E-state index contributed by atoms with van der Waals surface area (Å²) in [4.78, 5) is 18.0. The summed E-state index contributed by atoms with van der Waals surface area (Å²) in [6.07, 6.45) is 6.73. The molecule has 0 bridgehead atoms. The summed E-state index contributed by atoms with van der Waals surface area (Å²) in [5, 5.41) is 0. The molecule has 3 saturated heterocycles. The van der Waals surface area contributed by atoms with Crippen LogP contribution in [0.15, 0.2) is 30.3 Å². The molecule has 4 nitrogen and oxygen atoms in total. The molecule has 3 fully saturated rings. The first-order valence-corrected chi connectivity index (χ1v) is 9.94. The minimum atomic E-state index is -0.155. The molecule has 1 atom stereocenters. The number of likely N-dealkylation sites (tertiary alicyclic amines) is 1. The Balaban J connectivity index is 1.46. The van der Waals surface area contributed by atoms with Gasteiger partial charge in [0.15, 0.2) is 0 Å². The fourth-order valence-corrected chi connectivity index (χ4v) is 4.98. The highest BCUT2D eigenvalue weighted by Crippen LogP contribution is 2.41. The molecule has 25 heavy (non-hydrogen) atoms. The van der Waals surface area contributed by atoms with Gasteiger partial charge in [-0.25, -0.2) is 0 Å². The van der Waals surface area contributed by atoms with Crippen LogP contribution in [0.25, 0.3) is 0 Å². The molecule has 0 saturated carbocycles. The molecule has 0 N–H and O–H groups in total. The van der Waals surface area contributed by atoms with Gasteiger partial charge < -0.3 is 14.5 Å². The van der Waals surface area contributed by atoms with Gasteiger partial charge >= 0.3 is 0 Å². The zero-order chi connectivity index (χ0) is 17.1. The van der Waals surface area contributed by atoms with Crippen LogP contribution in [0.3, 0.4) is 0 Å². The van der Waals surface area contributed by atoms with Crippen molar-refractivity contribution in [2.45, 2.75) is 38.5 Å². The van der Waals surface area contributed by atoms with E-state index in [1.165, 1.54) is 12.8 Å². The van der Waals surface area contributed by atoms with Gasteiger partial charge in [-0.05, 0) is 63.1 Å². The van der Waals surface area contributed by atoms with Crippen LogP contribution >= 0.6 is 0 Å². The highest BCUT2D eigenvalue weighted by molar-refractivity contribution is 5.98. The quantitative estimate of drug-likeness (QED) is 0.845. The number of rotatable bonds is 3. The molecule has 1 spiro atoms. The zero-order valence-electron chi connectivity index (χ0n) is 15.2. The largest absolute Gasteiger partial charge is 0.381 e. The van der Waals surface area contributed by atoms with Crippen molar-refractivity contribution >= 4 is 11.6 Å². The van der Waals surface area contributed by atoms with E-state index < -0.39 is 0 Å². The molecule has 4 heteroatoms. The second kappa shape index (κ2) is 7.46. The number of amides is 1. The van der Waals surface area contributed by atoms with Gasteiger partial charge in [0.1, 0.15) is 0 Å². The van der Waals surface area contributed by atoms with E-state index in [0.717, 1.165) is 76.7 Å². The van der Waals surface area contributed by atoms with Crippen molar-refractivity contribution in [2.24, 2.45) is 11.3 Å². The van der Waals surface area contributed by atoms with Gasteiger partial charge in [0.05, 0.1) is 5.41 Å². The standard InChI is InChI=1S/C21H30N2O2/c24-20-21(11-5-13-23(20)19-6-2-1-3-7-19)10-4-12-22(17-21)16-18-8-14-25-15-9-18/h1-3,6-7,18H,4-5,8-17H2. The van der Waals surface area contributed by atoms with E-state index in [9.17, 15) is 4.79 Å². The summed E-state index contributed by atoms with van der Waals surface area (Å²) in [5.74, 6) is 1.11. The molecule has 0 radical (unpaired) electrons. The molecular formula is C21H30N2O2. The Morgan fingerprint density at radius 1 is 1.04 bits per heavy atom. The van der Waals surface area contributed by atoms with E-state index >= 15 is 0 Å². The third-order valence-electron chi connectivity index (χ3n) is 6.32. The molecule has 0 aromatic heterocycles. The van der Waals surface area contributed by atoms with Crippen LogP contribution in [0.4, 0.5) is 5.69 Å². The number of ether oxygens (including phenoxy) is 1. The van der Waals surface area contributed by atoms with Crippen LogP contribution in [0.5, 0.6) is 0 Å². The number of carbonyl (C=O) groups excluding carboxylic acids is 1. The summed E-state index contributed by atoms with van der Waals surface area (Å²) in [6, 6.07) is 10.2. The summed E-state index contributed by atoms with van der Waals surface area (Å²) in [7, 11) is 0. The van der Waals surface area contributed by atoms with Gasteiger partial charge in [-0.2, -0.15) is 0 Å². The average Bonchev–Trinajstić information content (AvgIpc) is 2.66. The lowest BCUT2D eigenvalue weighted by molar-refractivity contribution is -0.134. The van der Waals surface area contributed by atoms with Crippen LogP contribution < -0.4 is 4.90 Å². The smallest absolute Gasteiger partial charge is 0.234 e. The molecular weight excluding hydrogens is 312 g/mol. The number of hydrogen-bond donors (Lipinski definition) is 0. The molecule has 3 heterocycles. The lowest BCUT2D eigenvalue weighted by atomic mass is 9.72. The van der Waals surface area contributed by atoms with Crippen molar-refractivity contribution in [1.82, 2.24) is 4.90 Å². The molecule has 1 amide bonds. The second-order valence-corrected chi connectivity index (χ2v) is 8.07. The van der Waals surface area contributed by atoms with Crippen molar-refractivity contribution in [3.05, 3.63) is 30.3 Å². The minimum absolute atomic E-state index is 0.155. The third-order valence-corrected chi connectivity index (χ3v) is 6.32. The normalized spacial score (nSPS) is 29.3. The predicted octanol–water partition coefficient (Wildman–Crippen LogP) is 3.32. The summed E-state index contributed by atoms with van der Waals surface area (Å²) in [5.41, 5.74) is 0.908. The van der Waals surface area contributed by atoms with Crippen LogP contribution in [0.2, 0.25) is 0 Å². The van der Waals surface area contributed by atoms with E-state index in [2.05, 4.69) is 17.0 Å². The topological polar surface area (TPSA) is 32.8 Å².